The Labute approximate surface area is 463 Å². The van der Waals surface area contributed by atoms with Gasteiger partial charge in [-0.2, -0.15) is 0 Å². The van der Waals surface area contributed by atoms with Crippen LogP contribution in [-0.4, -0.2) is 24.1 Å². The van der Waals surface area contributed by atoms with Crippen LogP contribution in [0.5, 0.6) is 0 Å². The second-order valence-electron chi connectivity index (χ2n) is 20.3. The Balaban J connectivity index is 1.07. The van der Waals surface area contributed by atoms with E-state index in [9.17, 15) is 0 Å². The quantitative estimate of drug-likeness (QED) is 0.137. The third-order valence-electron chi connectivity index (χ3n) is 15.6. The molecule has 0 N–H and O–H groups in total. The minimum Gasteiger partial charge on any atom is -0.309 e. The molecule has 3 aromatic heterocycles. The van der Waals surface area contributed by atoms with Crippen molar-refractivity contribution in [3.63, 3.8) is 0 Å². The molecular weight excluding hydrogens is 971 g/mol. The van der Waals surface area contributed by atoms with E-state index in [4.69, 9.17) is 15.0 Å². The smallest absolute Gasteiger partial charge is 0.164 e. The lowest BCUT2D eigenvalue weighted by atomic mass is 9.91. The summed E-state index contributed by atoms with van der Waals surface area (Å²) < 4.78 is 4.95. The second kappa shape index (κ2) is 19.7. The summed E-state index contributed by atoms with van der Waals surface area (Å²) in [5.41, 5.74) is 20.4. The lowest BCUT2D eigenvalue weighted by Crippen LogP contribution is -2.04. The highest BCUT2D eigenvalue weighted by molar-refractivity contribution is 6.14. The van der Waals surface area contributed by atoms with Crippen LogP contribution in [0.4, 0.5) is 0 Å². The first kappa shape index (κ1) is 46.5. The van der Waals surface area contributed by atoms with E-state index in [1.165, 1.54) is 16.3 Å². The van der Waals surface area contributed by atoms with Crippen molar-refractivity contribution in [1.29, 1.82) is 0 Å². The van der Waals surface area contributed by atoms with Gasteiger partial charge in [-0.3, -0.25) is 0 Å². The van der Waals surface area contributed by atoms with Crippen molar-refractivity contribution in [3.05, 3.63) is 297 Å². The maximum absolute atomic E-state index is 5.37. The van der Waals surface area contributed by atoms with Gasteiger partial charge in [-0.1, -0.05) is 249 Å². The molecule has 0 aliphatic heterocycles. The Bertz CT molecular complexity index is 4550. The van der Waals surface area contributed by atoms with Crippen molar-refractivity contribution >= 4 is 43.6 Å². The van der Waals surface area contributed by atoms with Gasteiger partial charge in [-0.25, -0.2) is 15.0 Å². The van der Waals surface area contributed by atoms with Gasteiger partial charge < -0.3 is 9.13 Å². The molecule has 12 aromatic carbocycles. The van der Waals surface area contributed by atoms with E-state index in [-0.39, 0.29) is 0 Å². The van der Waals surface area contributed by atoms with E-state index >= 15 is 0 Å². The molecule has 0 fully saturated rings. The molecule has 374 valence electrons. The zero-order chi connectivity index (χ0) is 52.9. The largest absolute Gasteiger partial charge is 0.309 e. The third kappa shape index (κ3) is 8.24. The highest BCUT2D eigenvalue weighted by Gasteiger charge is 2.25. The first-order valence-corrected chi connectivity index (χ1v) is 27.2. The number of hydrogen-bond acceptors (Lipinski definition) is 3. The fourth-order valence-electron chi connectivity index (χ4n) is 11.7. The Morgan fingerprint density at radius 1 is 0.200 bits per heavy atom. The lowest BCUT2D eigenvalue weighted by molar-refractivity contribution is 1.07. The fourth-order valence-corrected chi connectivity index (χ4v) is 11.7. The van der Waals surface area contributed by atoms with E-state index in [1.807, 2.05) is 36.4 Å². The van der Waals surface area contributed by atoms with Gasteiger partial charge in [0.2, 0.25) is 0 Å². The molecule has 15 aromatic rings. The molecule has 0 aliphatic carbocycles. The van der Waals surface area contributed by atoms with Gasteiger partial charge in [-0.15, -0.1) is 0 Å². The van der Waals surface area contributed by atoms with Crippen LogP contribution >= 0.6 is 0 Å². The summed E-state index contributed by atoms with van der Waals surface area (Å²) in [6, 6.07) is 107. The third-order valence-corrected chi connectivity index (χ3v) is 15.6. The standard InChI is InChI=1S/C75H49N5/c1-6-20-50(21-7-1)53-34-38-55(39-35-53)65-47-60(75-77-73(57-26-12-4-13-27-57)76-74(78-75)58-28-14-5-15-29-58)48-66(56-40-36-54(37-41-56)51-22-8-2-9-23-51)72(65)80-70-45-42-59(52-24-10-3-11-25-52)46-67(70)64-44-43-61(49-71(64)80)79-68-32-18-16-30-62(68)63-31-17-19-33-69(63)79/h1-49H. The molecule has 0 saturated carbocycles. The van der Waals surface area contributed by atoms with Gasteiger partial charge in [0, 0.05) is 55.0 Å². The summed E-state index contributed by atoms with van der Waals surface area (Å²) in [7, 11) is 0. The predicted octanol–water partition coefficient (Wildman–Crippen LogP) is 19.4. The van der Waals surface area contributed by atoms with Crippen LogP contribution in [-0.2, 0) is 0 Å². The van der Waals surface area contributed by atoms with E-state index in [1.54, 1.807) is 0 Å². The first-order valence-electron chi connectivity index (χ1n) is 27.2. The molecule has 0 saturated heterocycles. The highest BCUT2D eigenvalue weighted by Crippen LogP contribution is 2.46. The monoisotopic (exact) mass is 1020 g/mol. The fraction of sp³-hybridized carbons (Fsp3) is 0. The van der Waals surface area contributed by atoms with Gasteiger partial charge in [0.05, 0.1) is 27.8 Å². The molecule has 0 bridgehead atoms. The van der Waals surface area contributed by atoms with Crippen LogP contribution < -0.4 is 0 Å². The number of aromatic nitrogens is 5. The Kier molecular flexibility index (Phi) is 11.4. The second-order valence-corrected chi connectivity index (χ2v) is 20.3. The summed E-state index contributed by atoms with van der Waals surface area (Å²) in [6.07, 6.45) is 0. The van der Waals surface area contributed by atoms with Crippen LogP contribution in [0, 0.1) is 0 Å². The summed E-state index contributed by atoms with van der Waals surface area (Å²) in [5, 5.41) is 4.75. The van der Waals surface area contributed by atoms with Crippen LogP contribution in [0.15, 0.2) is 297 Å². The Morgan fingerprint density at radius 3 is 1.02 bits per heavy atom. The zero-order valence-electron chi connectivity index (χ0n) is 43.5. The number of hydrogen-bond donors (Lipinski definition) is 0. The maximum Gasteiger partial charge on any atom is 0.164 e. The minimum atomic E-state index is 0.581. The number of rotatable bonds is 10. The molecule has 0 unspecified atom stereocenters. The molecule has 0 aliphatic rings. The lowest BCUT2D eigenvalue weighted by Gasteiger charge is -2.22. The predicted molar refractivity (Wildman–Crippen MR) is 332 cm³/mol. The van der Waals surface area contributed by atoms with Gasteiger partial charge in [-0.05, 0) is 93.0 Å². The van der Waals surface area contributed by atoms with Crippen LogP contribution in [0.25, 0.3) is 145 Å². The number of fused-ring (bicyclic) bond motifs is 6. The average Bonchev–Trinajstić information content (AvgIpc) is 4.06. The molecule has 15 rings (SSSR count). The highest BCUT2D eigenvalue weighted by atomic mass is 15.0. The number of nitrogens with zero attached hydrogens (tertiary/aromatic N) is 5. The van der Waals surface area contributed by atoms with Crippen molar-refractivity contribution in [2.24, 2.45) is 0 Å². The molecule has 3 heterocycles. The summed E-state index contributed by atoms with van der Waals surface area (Å²) in [5.74, 6) is 1.79. The van der Waals surface area contributed by atoms with Crippen LogP contribution in [0.1, 0.15) is 0 Å². The van der Waals surface area contributed by atoms with Crippen molar-refractivity contribution in [1.82, 2.24) is 24.1 Å². The minimum absolute atomic E-state index is 0.581. The molecule has 0 radical (unpaired) electrons. The number of para-hydroxylation sites is 2. The molecule has 0 amide bonds. The van der Waals surface area contributed by atoms with Gasteiger partial charge in [0.15, 0.2) is 17.5 Å². The first-order chi connectivity index (χ1) is 39.7. The molecule has 0 atom stereocenters. The summed E-state index contributed by atoms with van der Waals surface area (Å²) in [6.45, 7) is 0. The topological polar surface area (TPSA) is 48.5 Å². The van der Waals surface area contributed by atoms with Crippen molar-refractivity contribution < 1.29 is 0 Å². The van der Waals surface area contributed by atoms with E-state index in [0.717, 1.165) is 111 Å². The average molecular weight is 1020 g/mol. The van der Waals surface area contributed by atoms with E-state index in [0.29, 0.717) is 17.5 Å². The molecule has 5 heteroatoms. The van der Waals surface area contributed by atoms with Crippen LogP contribution in [0.2, 0.25) is 0 Å². The zero-order valence-corrected chi connectivity index (χ0v) is 43.5. The Hall–Kier alpha value is -10.8. The summed E-state index contributed by atoms with van der Waals surface area (Å²) >= 11 is 0. The van der Waals surface area contributed by atoms with Gasteiger partial charge >= 0.3 is 0 Å². The summed E-state index contributed by atoms with van der Waals surface area (Å²) in [4.78, 5) is 15.9. The van der Waals surface area contributed by atoms with E-state index < -0.39 is 0 Å². The maximum atomic E-state index is 5.37. The normalized spacial score (nSPS) is 11.5. The van der Waals surface area contributed by atoms with Gasteiger partial charge in [0.1, 0.15) is 0 Å². The molecule has 80 heavy (non-hydrogen) atoms. The van der Waals surface area contributed by atoms with Crippen molar-refractivity contribution in [2.75, 3.05) is 0 Å². The van der Waals surface area contributed by atoms with Crippen molar-refractivity contribution in [2.45, 2.75) is 0 Å². The van der Waals surface area contributed by atoms with Gasteiger partial charge in [0.25, 0.3) is 0 Å². The number of benzene rings is 12. The van der Waals surface area contributed by atoms with Crippen molar-refractivity contribution in [3.8, 4) is 101 Å². The molecule has 5 nitrogen and oxygen atoms in total. The SMILES string of the molecule is c1ccc(-c2ccc(-c3cc(-c4nc(-c5ccccc5)nc(-c5ccccc5)n4)cc(-c4ccc(-c5ccccc5)cc4)c3-n3c4ccc(-c5ccccc5)cc4c4ccc(-n5c6ccccc6c6ccccc65)cc43)cc2)cc1. The molecular formula is C75H49N5. The van der Waals surface area contributed by atoms with E-state index in [2.05, 4.69) is 270 Å². The Morgan fingerprint density at radius 2 is 0.550 bits per heavy atom. The molecule has 0 spiro atoms. The van der Waals surface area contributed by atoms with Crippen LogP contribution in [0.3, 0.4) is 0 Å².